The van der Waals surface area contributed by atoms with Crippen molar-refractivity contribution < 1.29 is 19.1 Å². The van der Waals surface area contributed by atoms with Crippen LogP contribution in [0.4, 0.5) is 4.79 Å². The molecule has 0 aliphatic carbocycles. The van der Waals surface area contributed by atoms with Gasteiger partial charge in [-0.1, -0.05) is 19.9 Å². The molecule has 0 aliphatic rings. The number of alkyl carbamates (subject to hydrolysis) is 1. The van der Waals surface area contributed by atoms with Crippen LogP contribution in [0, 0.1) is 0 Å². The maximum atomic E-state index is 11.6. The summed E-state index contributed by atoms with van der Waals surface area (Å²) in [5.74, 6) is -0.458. The van der Waals surface area contributed by atoms with Crippen LogP contribution in [-0.4, -0.2) is 31.3 Å². The number of rotatable bonds is 8. The van der Waals surface area contributed by atoms with Gasteiger partial charge in [0, 0.05) is 0 Å². The zero-order valence-corrected chi connectivity index (χ0v) is 10.5. The Morgan fingerprint density at radius 3 is 2.35 bits per heavy atom. The van der Waals surface area contributed by atoms with Crippen LogP contribution in [0.1, 0.15) is 33.1 Å². The summed E-state index contributed by atoms with van der Waals surface area (Å²) < 4.78 is 9.78. The van der Waals surface area contributed by atoms with Gasteiger partial charge in [-0.05, 0) is 19.3 Å². The van der Waals surface area contributed by atoms with E-state index in [0.29, 0.717) is 19.6 Å². The van der Waals surface area contributed by atoms with E-state index in [2.05, 4.69) is 11.9 Å². The van der Waals surface area contributed by atoms with Gasteiger partial charge in [-0.3, -0.25) is 0 Å². The van der Waals surface area contributed by atoms with E-state index in [1.54, 1.807) is 6.08 Å². The molecule has 1 atom stereocenters. The molecule has 0 spiro atoms. The Balaban J connectivity index is 4.16. The molecule has 5 heteroatoms. The molecule has 0 aromatic carbocycles. The summed E-state index contributed by atoms with van der Waals surface area (Å²) >= 11 is 0. The molecule has 0 saturated carbocycles. The SMILES string of the molecule is C=CCC(NC(=O)OCCC)C(=O)OCCC. The van der Waals surface area contributed by atoms with Gasteiger partial charge >= 0.3 is 12.1 Å². The molecule has 0 bridgehead atoms. The van der Waals surface area contributed by atoms with E-state index in [-0.39, 0.29) is 0 Å². The van der Waals surface area contributed by atoms with E-state index in [9.17, 15) is 9.59 Å². The fourth-order valence-corrected chi connectivity index (χ4v) is 1.06. The van der Waals surface area contributed by atoms with Crippen molar-refractivity contribution in [2.45, 2.75) is 39.2 Å². The number of hydrogen-bond acceptors (Lipinski definition) is 4. The highest BCUT2D eigenvalue weighted by Crippen LogP contribution is 1.99. The molecule has 1 N–H and O–H groups in total. The number of carbonyl (C=O) groups excluding carboxylic acids is 2. The topological polar surface area (TPSA) is 64.6 Å². The van der Waals surface area contributed by atoms with Crippen molar-refractivity contribution in [2.75, 3.05) is 13.2 Å². The second-order valence-corrected chi connectivity index (χ2v) is 3.52. The summed E-state index contributed by atoms with van der Waals surface area (Å²) in [6.45, 7) is 8.00. The van der Waals surface area contributed by atoms with Gasteiger partial charge in [0.1, 0.15) is 6.04 Å². The van der Waals surface area contributed by atoms with Gasteiger partial charge in [0.2, 0.25) is 0 Å². The lowest BCUT2D eigenvalue weighted by Gasteiger charge is -2.15. The lowest BCUT2D eigenvalue weighted by molar-refractivity contribution is -0.146. The standard InChI is InChI=1S/C12H21NO4/c1-4-7-10(11(14)16-8-5-2)13-12(15)17-9-6-3/h4,10H,1,5-9H2,2-3H3,(H,13,15). The second-order valence-electron chi connectivity index (χ2n) is 3.52. The van der Waals surface area contributed by atoms with E-state index in [4.69, 9.17) is 9.47 Å². The van der Waals surface area contributed by atoms with Crippen LogP contribution < -0.4 is 5.32 Å². The Morgan fingerprint density at radius 2 is 1.82 bits per heavy atom. The van der Waals surface area contributed by atoms with Crippen molar-refractivity contribution in [2.24, 2.45) is 0 Å². The fraction of sp³-hybridized carbons (Fsp3) is 0.667. The maximum absolute atomic E-state index is 11.6. The van der Waals surface area contributed by atoms with Gasteiger partial charge < -0.3 is 14.8 Å². The van der Waals surface area contributed by atoms with Gasteiger partial charge in [0.25, 0.3) is 0 Å². The lowest BCUT2D eigenvalue weighted by atomic mass is 10.2. The van der Waals surface area contributed by atoms with Crippen LogP contribution in [-0.2, 0) is 14.3 Å². The number of nitrogens with one attached hydrogen (secondary N) is 1. The van der Waals surface area contributed by atoms with Crippen LogP contribution in [0.3, 0.4) is 0 Å². The summed E-state index contributed by atoms with van der Waals surface area (Å²) in [5, 5.41) is 2.45. The third kappa shape index (κ3) is 7.38. The Bertz CT molecular complexity index is 253. The molecule has 0 aromatic rings. The zero-order chi connectivity index (χ0) is 13.1. The highest BCUT2D eigenvalue weighted by molar-refractivity contribution is 5.81. The predicted octanol–water partition coefficient (Wildman–Crippen LogP) is 2.02. The first kappa shape index (κ1) is 15.5. The summed E-state index contributed by atoms with van der Waals surface area (Å²) in [7, 11) is 0. The Kier molecular flexibility index (Phi) is 8.82. The normalized spacial score (nSPS) is 11.4. The first-order chi connectivity index (χ1) is 8.15. The average molecular weight is 243 g/mol. The van der Waals surface area contributed by atoms with Crippen molar-refractivity contribution in [3.8, 4) is 0 Å². The smallest absolute Gasteiger partial charge is 0.407 e. The number of amides is 1. The van der Waals surface area contributed by atoms with Gasteiger partial charge in [-0.15, -0.1) is 6.58 Å². The third-order valence-corrected chi connectivity index (χ3v) is 1.86. The number of carbonyl (C=O) groups is 2. The molecule has 0 saturated heterocycles. The van der Waals surface area contributed by atoms with Gasteiger partial charge in [0.05, 0.1) is 13.2 Å². The maximum Gasteiger partial charge on any atom is 0.407 e. The molecule has 1 amide bonds. The molecular weight excluding hydrogens is 222 g/mol. The quantitative estimate of drug-likeness (QED) is 0.523. The van der Waals surface area contributed by atoms with Gasteiger partial charge in [-0.2, -0.15) is 0 Å². The highest BCUT2D eigenvalue weighted by atomic mass is 16.6. The number of esters is 1. The average Bonchev–Trinajstić information content (AvgIpc) is 2.32. The molecule has 5 nitrogen and oxygen atoms in total. The zero-order valence-electron chi connectivity index (χ0n) is 10.5. The van der Waals surface area contributed by atoms with Crippen molar-refractivity contribution >= 4 is 12.1 Å². The van der Waals surface area contributed by atoms with Crippen LogP contribution in [0.5, 0.6) is 0 Å². The van der Waals surface area contributed by atoms with Crippen LogP contribution in [0.15, 0.2) is 12.7 Å². The summed E-state index contributed by atoms with van der Waals surface area (Å²) in [5.41, 5.74) is 0. The first-order valence-electron chi connectivity index (χ1n) is 5.86. The molecule has 0 heterocycles. The molecule has 17 heavy (non-hydrogen) atoms. The minimum absolute atomic E-state index is 0.323. The molecule has 0 radical (unpaired) electrons. The van der Waals surface area contributed by atoms with Crippen molar-refractivity contribution in [1.82, 2.24) is 5.32 Å². The molecule has 98 valence electrons. The summed E-state index contributed by atoms with van der Waals surface area (Å²) in [4.78, 5) is 22.9. The molecule has 0 rings (SSSR count). The monoisotopic (exact) mass is 243 g/mol. The predicted molar refractivity (Wildman–Crippen MR) is 64.6 cm³/mol. The Hall–Kier alpha value is -1.52. The van der Waals surface area contributed by atoms with Crippen molar-refractivity contribution in [1.29, 1.82) is 0 Å². The Morgan fingerprint density at radius 1 is 1.24 bits per heavy atom. The number of hydrogen-bond donors (Lipinski definition) is 1. The molecule has 0 fully saturated rings. The van der Waals surface area contributed by atoms with Crippen LogP contribution >= 0.6 is 0 Å². The Labute approximate surface area is 102 Å². The highest BCUT2D eigenvalue weighted by Gasteiger charge is 2.21. The van der Waals surface area contributed by atoms with Crippen LogP contribution in [0.25, 0.3) is 0 Å². The minimum atomic E-state index is -0.719. The van der Waals surface area contributed by atoms with E-state index >= 15 is 0 Å². The first-order valence-corrected chi connectivity index (χ1v) is 5.86. The van der Waals surface area contributed by atoms with E-state index in [1.807, 2.05) is 13.8 Å². The van der Waals surface area contributed by atoms with E-state index in [0.717, 1.165) is 12.8 Å². The minimum Gasteiger partial charge on any atom is -0.464 e. The van der Waals surface area contributed by atoms with E-state index in [1.165, 1.54) is 0 Å². The number of ether oxygens (including phenoxy) is 2. The summed E-state index contributed by atoms with van der Waals surface area (Å²) in [6.07, 6.45) is 2.75. The fourth-order valence-electron chi connectivity index (χ4n) is 1.06. The summed E-state index contributed by atoms with van der Waals surface area (Å²) in [6, 6.07) is -0.719. The largest absolute Gasteiger partial charge is 0.464 e. The molecule has 1 unspecified atom stereocenters. The van der Waals surface area contributed by atoms with Crippen molar-refractivity contribution in [3.05, 3.63) is 12.7 Å². The second kappa shape index (κ2) is 9.69. The molecular formula is C12H21NO4. The van der Waals surface area contributed by atoms with Gasteiger partial charge in [-0.25, -0.2) is 9.59 Å². The molecule has 0 aromatic heterocycles. The van der Waals surface area contributed by atoms with Crippen molar-refractivity contribution in [3.63, 3.8) is 0 Å². The third-order valence-electron chi connectivity index (χ3n) is 1.86. The van der Waals surface area contributed by atoms with E-state index < -0.39 is 18.1 Å². The molecule has 0 aliphatic heterocycles. The van der Waals surface area contributed by atoms with Crippen LogP contribution in [0.2, 0.25) is 0 Å². The van der Waals surface area contributed by atoms with Gasteiger partial charge in [0.15, 0.2) is 0 Å². The lowest BCUT2D eigenvalue weighted by Crippen LogP contribution is -2.42.